The summed E-state index contributed by atoms with van der Waals surface area (Å²) in [6.07, 6.45) is 10.2. The molecule has 1 saturated heterocycles. The summed E-state index contributed by atoms with van der Waals surface area (Å²) in [6.45, 7) is 14.6. The SMILES string of the molecule is C[C@@H]1C(=O)C(C#N)=C[C@]2(C)C3=CC(=O)C(C)(C)[C@]4(CCC5(CCC(C)(C)CC5)C(=O)O4)[C@]3(C)CC[C@@H]12. The highest BCUT2D eigenvalue weighted by molar-refractivity contribution is 6.03. The van der Waals surface area contributed by atoms with Gasteiger partial charge in [-0.2, -0.15) is 5.26 Å². The number of nitriles is 1. The molecule has 4 aliphatic carbocycles. The predicted molar refractivity (Wildman–Crippen MR) is 136 cm³/mol. The van der Waals surface area contributed by atoms with E-state index in [1.165, 1.54) is 0 Å². The summed E-state index contributed by atoms with van der Waals surface area (Å²) in [4.78, 5) is 40.7. The van der Waals surface area contributed by atoms with Gasteiger partial charge in [-0.25, -0.2) is 0 Å². The zero-order valence-corrected chi connectivity index (χ0v) is 23.0. The Hall–Kier alpha value is -2.22. The van der Waals surface area contributed by atoms with Crippen LogP contribution in [0.1, 0.15) is 99.8 Å². The summed E-state index contributed by atoms with van der Waals surface area (Å²) in [6, 6.07) is 2.12. The molecule has 1 heterocycles. The Kier molecular flexibility index (Phi) is 5.24. The van der Waals surface area contributed by atoms with Gasteiger partial charge in [0.25, 0.3) is 0 Å². The van der Waals surface area contributed by atoms with E-state index >= 15 is 0 Å². The lowest BCUT2D eigenvalue weighted by Crippen LogP contribution is -2.70. The number of fused-ring (bicyclic) bond motifs is 4. The zero-order valence-electron chi connectivity index (χ0n) is 23.0. The fraction of sp³-hybridized carbons (Fsp3) is 0.742. The Morgan fingerprint density at radius 1 is 0.917 bits per heavy atom. The lowest BCUT2D eigenvalue weighted by atomic mass is 9.40. The van der Waals surface area contributed by atoms with E-state index < -0.39 is 27.3 Å². The van der Waals surface area contributed by atoms with Crippen molar-refractivity contribution in [2.75, 3.05) is 0 Å². The van der Waals surface area contributed by atoms with Crippen LogP contribution < -0.4 is 0 Å². The number of ketones is 2. The van der Waals surface area contributed by atoms with Crippen molar-refractivity contribution in [1.29, 1.82) is 5.26 Å². The molecule has 0 aromatic carbocycles. The number of allylic oxidation sites excluding steroid dienone is 3. The quantitative estimate of drug-likeness (QED) is 0.373. The number of hydrogen-bond acceptors (Lipinski definition) is 5. The van der Waals surface area contributed by atoms with E-state index in [1.807, 2.05) is 26.8 Å². The van der Waals surface area contributed by atoms with Gasteiger partial charge in [-0.05, 0) is 88.2 Å². The predicted octanol–water partition coefficient (Wildman–Crippen LogP) is 6.28. The molecule has 5 atom stereocenters. The smallest absolute Gasteiger partial charge is 0.312 e. The van der Waals surface area contributed by atoms with Crippen LogP contribution in [0.25, 0.3) is 0 Å². The summed E-state index contributed by atoms with van der Waals surface area (Å²) in [5.41, 5.74) is -2.06. The molecule has 0 unspecified atom stereocenters. The molecule has 0 amide bonds. The third kappa shape index (κ3) is 2.96. The van der Waals surface area contributed by atoms with Crippen LogP contribution in [0.3, 0.4) is 0 Å². The van der Waals surface area contributed by atoms with Crippen molar-refractivity contribution >= 4 is 17.5 Å². The van der Waals surface area contributed by atoms with Crippen molar-refractivity contribution in [2.24, 2.45) is 38.9 Å². The van der Waals surface area contributed by atoms with Crippen molar-refractivity contribution in [3.63, 3.8) is 0 Å². The molecule has 36 heavy (non-hydrogen) atoms. The molecular weight excluding hydrogens is 450 g/mol. The standard InChI is InChI=1S/C31H41NO4/c1-19-21-8-9-29(7)22(28(21,6)17-20(18-32)24(19)34)16-23(33)27(4,5)31(29)15-14-30(25(35)36-31)12-10-26(2,3)11-13-30/h16-17,19,21H,8-15H2,1-7H3/t19-,21-,28-,29+,31+/m0/s1. The summed E-state index contributed by atoms with van der Waals surface area (Å²) in [7, 11) is 0. The van der Waals surface area contributed by atoms with E-state index in [0.29, 0.717) is 6.42 Å². The number of carbonyl (C=O) groups is 3. The van der Waals surface area contributed by atoms with Crippen LogP contribution in [-0.2, 0) is 19.1 Å². The first-order valence-corrected chi connectivity index (χ1v) is 13.8. The van der Waals surface area contributed by atoms with Gasteiger partial charge in [-0.1, -0.05) is 40.7 Å². The Morgan fingerprint density at radius 3 is 2.11 bits per heavy atom. The molecule has 2 spiro atoms. The molecule has 1 aliphatic heterocycles. The number of rotatable bonds is 0. The maximum atomic E-state index is 14.0. The van der Waals surface area contributed by atoms with E-state index in [4.69, 9.17) is 4.74 Å². The van der Waals surface area contributed by atoms with Crippen LogP contribution in [0.2, 0.25) is 0 Å². The van der Waals surface area contributed by atoms with Crippen LogP contribution in [0.15, 0.2) is 23.3 Å². The highest BCUT2D eigenvalue weighted by atomic mass is 16.6. The third-order valence-electron chi connectivity index (χ3n) is 11.8. The summed E-state index contributed by atoms with van der Waals surface area (Å²) >= 11 is 0. The van der Waals surface area contributed by atoms with Crippen LogP contribution in [0.5, 0.6) is 0 Å². The molecule has 5 aliphatic rings. The van der Waals surface area contributed by atoms with Gasteiger partial charge in [-0.15, -0.1) is 0 Å². The number of nitrogens with zero attached hydrogens (tertiary/aromatic N) is 1. The molecule has 5 nitrogen and oxygen atoms in total. The van der Waals surface area contributed by atoms with Crippen molar-refractivity contribution in [3.8, 4) is 6.07 Å². The molecule has 2 saturated carbocycles. The maximum absolute atomic E-state index is 14.0. The van der Waals surface area contributed by atoms with Crippen LogP contribution in [-0.4, -0.2) is 23.1 Å². The molecule has 194 valence electrons. The highest BCUT2D eigenvalue weighted by Crippen LogP contribution is 2.70. The van der Waals surface area contributed by atoms with Crippen LogP contribution >= 0.6 is 0 Å². The second-order valence-electron chi connectivity index (χ2n) is 14.3. The second-order valence-corrected chi connectivity index (χ2v) is 14.3. The molecule has 3 fully saturated rings. The number of Topliss-reactive ketones (excluding diaryl/α,β-unsaturated/α-hetero) is 1. The average Bonchev–Trinajstić information content (AvgIpc) is 2.81. The number of carbonyl (C=O) groups excluding carboxylic acids is 3. The van der Waals surface area contributed by atoms with Crippen molar-refractivity contribution in [2.45, 2.75) is 105 Å². The summed E-state index contributed by atoms with van der Waals surface area (Å²) < 4.78 is 6.71. The first-order chi connectivity index (χ1) is 16.6. The lowest BCUT2D eigenvalue weighted by Gasteiger charge is -2.67. The molecular formula is C31H41NO4. The normalized spacial score (nSPS) is 42.6. The summed E-state index contributed by atoms with van der Waals surface area (Å²) in [5.74, 6) is -0.530. The maximum Gasteiger partial charge on any atom is 0.312 e. The van der Waals surface area contributed by atoms with E-state index in [1.54, 1.807) is 6.08 Å². The fourth-order valence-corrected chi connectivity index (χ4v) is 8.97. The van der Waals surface area contributed by atoms with E-state index in [-0.39, 0.29) is 40.4 Å². The summed E-state index contributed by atoms with van der Waals surface area (Å²) in [5, 5.41) is 9.74. The van der Waals surface area contributed by atoms with Gasteiger partial charge >= 0.3 is 5.97 Å². The largest absolute Gasteiger partial charge is 0.457 e. The Morgan fingerprint density at radius 2 is 1.53 bits per heavy atom. The van der Waals surface area contributed by atoms with Gasteiger partial charge < -0.3 is 4.74 Å². The van der Waals surface area contributed by atoms with Crippen molar-refractivity contribution in [3.05, 3.63) is 23.3 Å². The minimum atomic E-state index is -0.949. The van der Waals surface area contributed by atoms with Gasteiger partial charge in [0.05, 0.1) is 16.4 Å². The van der Waals surface area contributed by atoms with E-state index in [0.717, 1.165) is 50.5 Å². The first kappa shape index (κ1) is 25.4. The highest BCUT2D eigenvalue weighted by Gasteiger charge is 2.72. The molecule has 0 aromatic rings. The first-order valence-electron chi connectivity index (χ1n) is 13.8. The number of ether oxygens (including phenoxy) is 1. The molecule has 5 rings (SSSR count). The lowest BCUT2D eigenvalue weighted by molar-refractivity contribution is -0.239. The fourth-order valence-electron chi connectivity index (χ4n) is 8.97. The molecule has 0 aromatic heterocycles. The van der Waals surface area contributed by atoms with Gasteiger partial charge in [0.2, 0.25) is 0 Å². The Bertz CT molecular complexity index is 1160. The van der Waals surface area contributed by atoms with E-state index in [9.17, 15) is 19.6 Å². The van der Waals surface area contributed by atoms with Gasteiger partial charge in [0.1, 0.15) is 11.7 Å². The van der Waals surface area contributed by atoms with Crippen molar-refractivity contribution < 1.29 is 19.1 Å². The number of esters is 1. The monoisotopic (exact) mass is 491 g/mol. The topological polar surface area (TPSA) is 84.2 Å². The zero-order chi connectivity index (χ0) is 26.5. The number of hydrogen-bond donors (Lipinski definition) is 0. The third-order valence-corrected chi connectivity index (χ3v) is 11.8. The molecule has 5 heteroatoms. The molecule has 0 radical (unpaired) electrons. The minimum absolute atomic E-state index is 0.0127. The van der Waals surface area contributed by atoms with Gasteiger partial charge in [0.15, 0.2) is 11.6 Å². The second kappa shape index (κ2) is 7.42. The van der Waals surface area contributed by atoms with Gasteiger partial charge in [0, 0.05) is 16.7 Å². The Labute approximate surface area is 215 Å². The average molecular weight is 492 g/mol. The van der Waals surface area contributed by atoms with Crippen molar-refractivity contribution in [1.82, 2.24) is 0 Å². The van der Waals surface area contributed by atoms with Crippen LogP contribution in [0, 0.1) is 50.2 Å². The Balaban J connectivity index is 1.62. The van der Waals surface area contributed by atoms with E-state index in [2.05, 4.69) is 33.8 Å². The molecule has 0 N–H and O–H groups in total. The molecule has 0 bridgehead atoms. The van der Waals surface area contributed by atoms with Crippen LogP contribution in [0.4, 0.5) is 0 Å². The van der Waals surface area contributed by atoms with Gasteiger partial charge in [-0.3, -0.25) is 14.4 Å². The minimum Gasteiger partial charge on any atom is -0.457 e.